The standard InChI is InChI=1S/C12H13FN2O2/c1-3-7-15(4-2)9-6-5-8(13)11(14)10(9)12(16)17/h1,5-6H,4,7,14H2,2H3,(H,16,17). The molecule has 0 bridgehead atoms. The van der Waals surface area contributed by atoms with E-state index in [9.17, 15) is 9.18 Å². The number of hydrogen-bond donors (Lipinski definition) is 2. The topological polar surface area (TPSA) is 66.6 Å². The van der Waals surface area contributed by atoms with Crippen LogP contribution in [0.3, 0.4) is 0 Å². The molecule has 3 N–H and O–H groups in total. The zero-order valence-electron chi connectivity index (χ0n) is 9.40. The summed E-state index contributed by atoms with van der Waals surface area (Å²) in [5.74, 6) is 0.398. The van der Waals surface area contributed by atoms with Crippen molar-refractivity contribution in [2.24, 2.45) is 0 Å². The summed E-state index contributed by atoms with van der Waals surface area (Å²) in [5, 5.41) is 9.06. The number of halogens is 1. The first-order valence-corrected chi connectivity index (χ1v) is 5.02. The molecule has 0 heterocycles. The maximum Gasteiger partial charge on any atom is 0.340 e. The minimum atomic E-state index is -1.27. The van der Waals surface area contributed by atoms with E-state index in [0.717, 1.165) is 6.07 Å². The van der Waals surface area contributed by atoms with Crippen LogP contribution >= 0.6 is 0 Å². The number of aromatic carboxylic acids is 1. The second kappa shape index (κ2) is 5.21. The fraction of sp³-hybridized carbons (Fsp3) is 0.250. The normalized spacial score (nSPS) is 9.71. The Hall–Kier alpha value is -2.22. The van der Waals surface area contributed by atoms with Gasteiger partial charge in [-0.15, -0.1) is 6.42 Å². The Labute approximate surface area is 98.8 Å². The number of nitrogens with two attached hydrogens (primary N) is 1. The third-order valence-electron chi connectivity index (χ3n) is 2.39. The van der Waals surface area contributed by atoms with E-state index in [-0.39, 0.29) is 17.8 Å². The van der Waals surface area contributed by atoms with Crippen LogP contribution in [0.2, 0.25) is 0 Å². The van der Waals surface area contributed by atoms with Gasteiger partial charge < -0.3 is 15.7 Å². The van der Waals surface area contributed by atoms with Crippen LogP contribution in [0.5, 0.6) is 0 Å². The molecule has 1 rings (SSSR count). The van der Waals surface area contributed by atoms with Gasteiger partial charge >= 0.3 is 5.97 Å². The highest BCUT2D eigenvalue weighted by atomic mass is 19.1. The van der Waals surface area contributed by atoms with Crippen molar-refractivity contribution in [3.8, 4) is 12.3 Å². The summed E-state index contributed by atoms with van der Waals surface area (Å²) < 4.78 is 13.2. The molecule has 0 amide bonds. The number of nitrogens with zero attached hydrogens (tertiary/aromatic N) is 1. The molecular formula is C12H13FN2O2. The largest absolute Gasteiger partial charge is 0.478 e. The number of carboxylic acids is 1. The summed E-state index contributed by atoms with van der Waals surface area (Å²) in [6.07, 6.45) is 5.19. The third kappa shape index (κ3) is 2.48. The SMILES string of the molecule is C#CCN(CC)c1ccc(F)c(N)c1C(=O)O. The third-order valence-corrected chi connectivity index (χ3v) is 2.39. The van der Waals surface area contributed by atoms with Crippen molar-refractivity contribution < 1.29 is 14.3 Å². The van der Waals surface area contributed by atoms with Crippen molar-refractivity contribution in [2.75, 3.05) is 23.7 Å². The molecule has 90 valence electrons. The molecule has 4 nitrogen and oxygen atoms in total. The molecule has 0 saturated carbocycles. The predicted octanol–water partition coefficient (Wildman–Crippen LogP) is 1.57. The van der Waals surface area contributed by atoms with Gasteiger partial charge in [-0.2, -0.15) is 0 Å². The Morgan fingerprint density at radius 2 is 2.29 bits per heavy atom. The highest BCUT2D eigenvalue weighted by Gasteiger charge is 2.20. The van der Waals surface area contributed by atoms with Gasteiger partial charge in [0.25, 0.3) is 0 Å². The Bertz CT molecular complexity index is 480. The van der Waals surface area contributed by atoms with Crippen LogP contribution in [0.1, 0.15) is 17.3 Å². The first-order chi connectivity index (χ1) is 8.02. The first kappa shape index (κ1) is 12.8. The van der Waals surface area contributed by atoms with Gasteiger partial charge in [0.1, 0.15) is 11.4 Å². The van der Waals surface area contributed by atoms with Gasteiger partial charge in [-0.3, -0.25) is 0 Å². The summed E-state index contributed by atoms with van der Waals surface area (Å²) in [5.41, 5.74) is 5.15. The fourth-order valence-corrected chi connectivity index (χ4v) is 1.55. The van der Waals surface area contributed by atoms with E-state index in [1.165, 1.54) is 6.07 Å². The van der Waals surface area contributed by atoms with Crippen LogP contribution in [0.15, 0.2) is 12.1 Å². The number of hydrogen-bond acceptors (Lipinski definition) is 3. The number of carbonyl (C=O) groups is 1. The van der Waals surface area contributed by atoms with E-state index in [2.05, 4.69) is 5.92 Å². The van der Waals surface area contributed by atoms with E-state index in [1.54, 1.807) is 4.90 Å². The van der Waals surface area contributed by atoms with Gasteiger partial charge in [0.2, 0.25) is 0 Å². The van der Waals surface area contributed by atoms with E-state index in [4.69, 9.17) is 17.3 Å². The first-order valence-electron chi connectivity index (χ1n) is 5.02. The maximum atomic E-state index is 13.2. The van der Waals surface area contributed by atoms with Crippen LogP contribution in [-0.4, -0.2) is 24.2 Å². The molecule has 1 aromatic carbocycles. The van der Waals surface area contributed by atoms with E-state index in [0.29, 0.717) is 12.2 Å². The summed E-state index contributed by atoms with van der Waals surface area (Å²) in [6, 6.07) is 2.51. The van der Waals surface area contributed by atoms with Gasteiger partial charge in [0.15, 0.2) is 0 Å². The Kier molecular flexibility index (Phi) is 3.94. The molecule has 0 spiro atoms. The highest BCUT2D eigenvalue weighted by Crippen LogP contribution is 2.28. The van der Waals surface area contributed by atoms with Crippen molar-refractivity contribution in [3.05, 3.63) is 23.5 Å². The van der Waals surface area contributed by atoms with Crippen molar-refractivity contribution >= 4 is 17.3 Å². The molecule has 0 aliphatic rings. The minimum Gasteiger partial charge on any atom is -0.478 e. The Morgan fingerprint density at radius 3 is 2.76 bits per heavy atom. The second-order valence-corrected chi connectivity index (χ2v) is 3.38. The molecule has 0 atom stereocenters. The summed E-state index contributed by atoms with van der Waals surface area (Å²) in [7, 11) is 0. The fourth-order valence-electron chi connectivity index (χ4n) is 1.55. The lowest BCUT2D eigenvalue weighted by Gasteiger charge is -2.23. The highest BCUT2D eigenvalue weighted by molar-refractivity contribution is 6.00. The molecule has 0 radical (unpaired) electrons. The zero-order chi connectivity index (χ0) is 13.0. The van der Waals surface area contributed by atoms with Gasteiger partial charge in [-0.05, 0) is 19.1 Å². The Morgan fingerprint density at radius 1 is 1.65 bits per heavy atom. The van der Waals surface area contributed by atoms with E-state index < -0.39 is 11.8 Å². The molecule has 0 aliphatic heterocycles. The van der Waals surface area contributed by atoms with Crippen molar-refractivity contribution in [1.82, 2.24) is 0 Å². The summed E-state index contributed by atoms with van der Waals surface area (Å²) >= 11 is 0. The molecule has 0 saturated heterocycles. The number of benzene rings is 1. The average molecular weight is 236 g/mol. The molecule has 17 heavy (non-hydrogen) atoms. The molecule has 0 unspecified atom stereocenters. The van der Waals surface area contributed by atoms with Crippen LogP contribution in [-0.2, 0) is 0 Å². The number of rotatable bonds is 4. The number of anilines is 2. The molecule has 1 aromatic rings. The van der Waals surface area contributed by atoms with Crippen molar-refractivity contribution in [2.45, 2.75) is 6.92 Å². The number of carboxylic acid groups (broad SMARTS) is 1. The van der Waals surface area contributed by atoms with Crippen LogP contribution < -0.4 is 10.6 Å². The molecular weight excluding hydrogens is 223 g/mol. The van der Waals surface area contributed by atoms with Gasteiger partial charge in [0, 0.05) is 6.54 Å². The van der Waals surface area contributed by atoms with Crippen LogP contribution in [0.25, 0.3) is 0 Å². The lowest BCUT2D eigenvalue weighted by Crippen LogP contribution is -2.25. The summed E-state index contributed by atoms with van der Waals surface area (Å²) in [4.78, 5) is 12.7. The lowest BCUT2D eigenvalue weighted by molar-refractivity contribution is 0.0698. The van der Waals surface area contributed by atoms with Crippen molar-refractivity contribution in [1.29, 1.82) is 0 Å². The quantitative estimate of drug-likeness (QED) is 0.615. The number of nitrogen functional groups attached to an aromatic ring is 1. The van der Waals surface area contributed by atoms with Gasteiger partial charge in [-0.1, -0.05) is 5.92 Å². The predicted molar refractivity (Wildman–Crippen MR) is 64.5 cm³/mol. The van der Waals surface area contributed by atoms with Gasteiger partial charge in [-0.25, -0.2) is 9.18 Å². The molecule has 0 aromatic heterocycles. The van der Waals surface area contributed by atoms with E-state index >= 15 is 0 Å². The molecule has 5 heteroatoms. The summed E-state index contributed by atoms with van der Waals surface area (Å²) in [6.45, 7) is 2.57. The molecule has 0 aliphatic carbocycles. The van der Waals surface area contributed by atoms with Crippen molar-refractivity contribution in [3.63, 3.8) is 0 Å². The average Bonchev–Trinajstić information content (AvgIpc) is 2.29. The second-order valence-electron chi connectivity index (χ2n) is 3.38. The van der Waals surface area contributed by atoms with Crippen LogP contribution in [0.4, 0.5) is 15.8 Å². The van der Waals surface area contributed by atoms with Gasteiger partial charge in [0.05, 0.1) is 17.9 Å². The van der Waals surface area contributed by atoms with E-state index in [1.807, 2.05) is 6.92 Å². The van der Waals surface area contributed by atoms with Crippen LogP contribution in [0, 0.1) is 18.2 Å². The minimum absolute atomic E-state index is 0.238. The Balaban J connectivity index is 3.38. The molecule has 0 fully saturated rings. The maximum absolute atomic E-state index is 13.2. The monoisotopic (exact) mass is 236 g/mol. The lowest BCUT2D eigenvalue weighted by atomic mass is 10.1. The smallest absolute Gasteiger partial charge is 0.340 e. The zero-order valence-corrected chi connectivity index (χ0v) is 9.40. The number of terminal acetylenes is 1.